The number of nitro benzene ring substituents is 1. The van der Waals surface area contributed by atoms with E-state index in [1.165, 1.54) is 12.1 Å². The van der Waals surface area contributed by atoms with E-state index < -0.39 is 11.0 Å². The maximum absolute atomic E-state index is 10.9. The van der Waals surface area contributed by atoms with Crippen molar-refractivity contribution >= 4 is 16.7 Å². The van der Waals surface area contributed by atoms with Crippen molar-refractivity contribution in [2.45, 2.75) is 12.6 Å². The van der Waals surface area contributed by atoms with E-state index in [1.807, 2.05) is 24.3 Å². The first-order chi connectivity index (χ1) is 11.1. The SMILES string of the molecule is O=[N+]([O-])c1ccccc1OCC(O)Cn1nnc2ccccc21. The lowest BCUT2D eigenvalue weighted by Gasteiger charge is -2.12. The zero-order valence-electron chi connectivity index (χ0n) is 12.1. The van der Waals surface area contributed by atoms with E-state index in [0.29, 0.717) is 0 Å². The van der Waals surface area contributed by atoms with E-state index in [9.17, 15) is 15.2 Å². The quantitative estimate of drug-likeness (QED) is 0.549. The van der Waals surface area contributed by atoms with Crippen LogP contribution in [0.5, 0.6) is 5.75 Å². The Hall–Kier alpha value is -3.00. The number of para-hydroxylation sites is 3. The smallest absolute Gasteiger partial charge is 0.310 e. The molecule has 3 aromatic rings. The Morgan fingerprint density at radius 3 is 2.78 bits per heavy atom. The van der Waals surface area contributed by atoms with Gasteiger partial charge in [0.15, 0.2) is 5.75 Å². The number of nitrogens with zero attached hydrogens (tertiary/aromatic N) is 4. The van der Waals surface area contributed by atoms with E-state index in [4.69, 9.17) is 4.74 Å². The van der Waals surface area contributed by atoms with Crippen LogP contribution in [-0.4, -0.2) is 37.7 Å². The van der Waals surface area contributed by atoms with Gasteiger partial charge in [-0.15, -0.1) is 5.10 Å². The van der Waals surface area contributed by atoms with Gasteiger partial charge in [0.1, 0.15) is 18.2 Å². The molecular weight excluding hydrogens is 300 g/mol. The van der Waals surface area contributed by atoms with E-state index in [1.54, 1.807) is 16.8 Å². The highest BCUT2D eigenvalue weighted by atomic mass is 16.6. The van der Waals surface area contributed by atoms with Gasteiger partial charge in [-0.2, -0.15) is 0 Å². The lowest BCUT2D eigenvalue weighted by molar-refractivity contribution is -0.385. The number of nitro groups is 1. The van der Waals surface area contributed by atoms with Crippen LogP contribution in [0.3, 0.4) is 0 Å². The first-order valence-electron chi connectivity index (χ1n) is 6.97. The average molecular weight is 314 g/mol. The third-order valence-corrected chi connectivity index (χ3v) is 3.30. The van der Waals surface area contributed by atoms with E-state index in [2.05, 4.69) is 10.3 Å². The van der Waals surface area contributed by atoms with Crippen LogP contribution in [0, 0.1) is 10.1 Å². The minimum atomic E-state index is -0.875. The Kier molecular flexibility index (Phi) is 4.15. The number of aromatic nitrogens is 3. The van der Waals surface area contributed by atoms with Crippen molar-refractivity contribution < 1.29 is 14.8 Å². The summed E-state index contributed by atoms with van der Waals surface area (Å²) in [7, 11) is 0. The highest BCUT2D eigenvalue weighted by Crippen LogP contribution is 2.25. The van der Waals surface area contributed by atoms with E-state index >= 15 is 0 Å². The van der Waals surface area contributed by atoms with Gasteiger partial charge in [-0.05, 0) is 18.2 Å². The lowest BCUT2D eigenvalue weighted by atomic mass is 10.3. The Balaban J connectivity index is 1.66. The van der Waals surface area contributed by atoms with Gasteiger partial charge >= 0.3 is 5.69 Å². The summed E-state index contributed by atoms with van der Waals surface area (Å²) in [6.45, 7) is 0.0974. The molecule has 8 heteroatoms. The van der Waals surface area contributed by atoms with Gasteiger partial charge in [0.05, 0.1) is 17.0 Å². The fourth-order valence-electron chi connectivity index (χ4n) is 2.22. The molecule has 0 aliphatic heterocycles. The second-order valence-electron chi connectivity index (χ2n) is 4.95. The molecule has 118 valence electrons. The average Bonchev–Trinajstić information content (AvgIpc) is 2.96. The highest BCUT2D eigenvalue weighted by molar-refractivity contribution is 5.73. The summed E-state index contributed by atoms with van der Waals surface area (Å²) in [5, 5.41) is 29.0. The van der Waals surface area contributed by atoms with Crippen molar-refractivity contribution in [3.63, 3.8) is 0 Å². The van der Waals surface area contributed by atoms with E-state index in [-0.39, 0.29) is 24.6 Å². The fourth-order valence-corrected chi connectivity index (χ4v) is 2.22. The first-order valence-corrected chi connectivity index (χ1v) is 6.97. The summed E-state index contributed by atoms with van der Waals surface area (Å²) in [6.07, 6.45) is -0.875. The van der Waals surface area contributed by atoms with Crippen molar-refractivity contribution in [1.82, 2.24) is 15.0 Å². The van der Waals surface area contributed by atoms with Crippen LogP contribution in [0.4, 0.5) is 5.69 Å². The van der Waals surface area contributed by atoms with Crippen LogP contribution in [0.1, 0.15) is 0 Å². The Morgan fingerprint density at radius 2 is 1.96 bits per heavy atom. The van der Waals surface area contributed by atoms with Crippen molar-refractivity contribution in [3.8, 4) is 5.75 Å². The number of aliphatic hydroxyl groups is 1. The van der Waals surface area contributed by atoms with Gasteiger partial charge in [-0.1, -0.05) is 29.5 Å². The zero-order valence-corrected chi connectivity index (χ0v) is 12.1. The number of benzene rings is 2. The molecule has 0 aliphatic rings. The molecule has 0 saturated heterocycles. The number of fused-ring (bicyclic) bond motifs is 1. The summed E-state index contributed by atoms with van der Waals surface area (Å²) in [5.74, 6) is 0.125. The second kappa shape index (κ2) is 6.41. The van der Waals surface area contributed by atoms with Gasteiger partial charge in [-0.3, -0.25) is 10.1 Å². The van der Waals surface area contributed by atoms with E-state index in [0.717, 1.165) is 11.0 Å². The molecule has 3 rings (SSSR count). The first kappa shape index (κ1) is 14.9. The number of hydrogen-bond donors (Lipinski definition) is 1. The van der Waals surface area contributed by atoms with Gasteiger partial charge in [0, 0.05) is 6.07 Å². The Bertz CT molecular complexity index is 833. The van der Waals surface area contributed by atoms with Gasteiger partial charge in [0.25, 0.3) is 0 Å². The number of hydrogen-bond acceptors (Lipinski definition) is 6. The maximum Gasteiger partial charge on any atom is 0.310 e. The number of ether oxygens (including phenoxy) is 1. The lowest BCUT2D eigenvalue weighted by Crippen LogP contribution is -2.24. The normalized spacial score (nSPS) is 12.2. The number of rotatable bonds is 6. The zero-order chi connectivity index (χ0) is 16.2. The Morgan fingerprint density at radius 1 is 1.22 bits per heavy atom. The predicted molar refractivity (Wildman–Crippen MR) is 82.1 cm³/mol. The molecule has 8 nitrogen and oxygen atoms in total. The number of aliphatic hydroxyl groups excluding tert-OH is 1. The van der Waals surface area contributed by atoms with Crippen LogP contribution in [0.2, 0.25) is 0 Å². The maximum atomic E-state index is 10.9. The minimum absolute atomic E-state index is 0.0843. The molecule has 0 aliphatic carbocycles. The van der Waals surface area contributed by atoms with Gasteiger partial charge in [0.2, 0.25) is 0 Å². The van der Waals surface area contributed by atoms with Crippen LogP contribution in [0.15, 0.2) is 48.5 Å². The second-order valence-corrected chi connectivity index (χ2v) is 4.95. The van der Waals surface area contributed by atoms with Gasteiger partial charge < -0.3 is 9.84 Å². The van der Waals surface area contributed by atoms with Crippen LogP contribution in [-0.2, 0) is 6.54 Å². The Labute approximate surface area is 131 Å². The molecule has 1 N–H and O–H groups in total. The molecule has 2 aromatic carbocycles. The highest BCUT2D eigenvalue weighted by Gasteiger charge is 2.16. The summed E-state index contributed by atoms with van der Waals surface area (Å²) in [5.41, 5.74) is 1.41. The van der Waals surface area contributed by atoms with Gasteiger partial charge in [-0.25, -0.2) is 4.68 Å². The summed E-state index contributed by atoms with van der Waals surface area (Å²) in [6, 6.07) is 13.4. The van der Waals surface area contributed by atoms with Crippen molar-refractivity contribution in [2.24, 2.45) is 0 Å². The third kappa shape index (κ3) is 3.27. The molecule has 0 radical (unpaired) electrons. The third-order valence-electron chi connectivity index (χ3n) is 3.30. The topological polar surface area (TPSA) is 103 Å². The monoisotopic (exact) mass is 314 g/mol. The summed E-state index contributed by atoms with van der Waals surface area (Å²) >= 11 is 0. The molecule has 0 spiro atoms. The molecule has 1 aromatic heterocycles. The van der Waals surface area contributed by atoms with Crippen molar-refractivity contribution in [2.75, 3.05) is 6.61 Å². The molecule has 0 fully saturated rings. The molecule has 0 saturated carbocycles. The van der Waals surface area contributed by atoms with Crippen LogP contribution in [0.25, 0.3) is 11.0 Å². The molecule has 0 amide bonds. The van der Waals surface area contributed by atoms with Crippen LogP contribution < -0.4 is 4.74 Å². The summed E-state index contributed by atoms with van der Waals surface area (Å²) < 4.78 is 6.94. The molecule has 0 bridgehead atoms. The molecule has 1 unspecified atom stereocenters. The molecule has 1 heterocycles. The molecule has 23 heavy (non-hydrogen) atoms. The standard InChI is InChI=1S/C15H14N4O4/c20-11(9-18-13-6-2-1-5-12(13)16-17-18)10-23-15-8-4-3-7-14(15)19(21)22/h1-8,11,20H,9-10H2. The summed E-state index contributed by atoms with van der Waals surface area (Å²) in [4.78, 5) is 10.4. The fraction of sp³-hybridized carbons (Fsp3) is 0.200. The van der Waals surface area contributed by atoms with Crippen LogP contribution >= 0.6 is 0 Å². The molecular formula is C15H14N4O4. The largest absolute Gasteiger partial charge is 0.484 e. The molecule has 1 atom stereocenters. The minimum Gasteiger partial charge on any atom is -0.484 e. The van der Waals surface area contributed by atoms with Crippen molar-refractivity contribution in [3.05, 3.63) is 58.6 Å². The van der Waals surface area contributed by atoms with Crippen molar-refractivity contribution in [1.29, 1.82) is 0 Å². The predicted octanol–water partition coefficient (Wildman–Crippen LogP) is 1.78.